The molecule has 20 heavy (non-hydrogen) atoms. The van der Waals surface area contributed by atoms with Gasteiger partial charge in [0.05, 0.1) is 13.2 Å². The lowest BCUT2D eigenvalue weighted by Gasteiger charge is -2.17. The number of carbonyl (C=O) groups excluding carboxylic acids is 1. The van der Waals surface area contributed by atoms with E-state index in [0.717, 1.165) is 5.56 Å². The fraction of sp³-hybridized carbons (Fsp3) is 0.533. The first-order valence-electron chi connectivity index (χ1n) is 6.75. The van der Waals surface area contributed by atoms with Crippen molar-refractivity contribution in [1.82, 2.24) is 0 Å². The molecule has 0 heterocycles. The van der Waals surface area contributed by atoms with Crippen LogP contribution < -0.4 is 4.74 Å². The van der Waals surface area contributed by atoms with Gasteiger partial charge in [-0.25, -0.2) is 0 Å². The molecule has 0 aromatic heterocycles. The third-order valence-corrected chi connectivity index (χ3v) is 2.55. The van der Waals surface area contributed by atoms with Crippen molar-refractivity contribution in [3.63, 3.8) is 0 Å². The normalized spacial score (nSPS) is 11.9. The van der Waals surface area contributed by atoms with Gasteiger partial charge in [-0.05, 0) is 38.0 Å². The summed E-state index contributed by atoms with van der Waals surface area (Å²) in [5.41, 5.74) is 1.00. The molecule has 0 aliphatic carbocycles. The van der Waals surface area contributed by atoms with Crippen LogP contribution in [-0.4, -0.2) is 32.8 Å². The van der Waals surface area contributed by atoms with Crippen molar-refractivity contribution < 1.29 is 23.7 Å². The monoisotopic (exact) mass is 282 g/mol. The van der Waals surface area contributed by atoms with Gasteiger partial charge in [0.25, 0.3) is 0 Å². The zero-order valence-corrected chi connectivity index (χ0v) is 12.3. The maximum Gasteiger partial charge on any atom is 0.315 e. The van der Waals surface area contributed by atoms with Crippen molar-refractivity contribution in [3.8, 4) is 5.75 Å². The minimum absolute atomic E-state index is 0.192. The summed E-state index contributed by atoms with van der Waals surface area (Å²) in [6.07, 6.45) is 0.971. The summed E-state index contributed by atoms with van der Waals surface area (Å²) < 4.78 is 20.7. The highest BCUT2D eigenvalue weighted by Crippen LogP contribution is 2.17. The van der Waals surface area contributed by atoms with Crippen molar-refractivity contribution in [2.24, 2.45) is 0 Å². The van der Waals surface area contributed by atoms with Crippen molar-refractivity contribution >= 4 is 5.97 Å². The lowest BCUT2D eigenvalue weighted by atomic mass is 10.1. The molecular formula is C15H22O5. The quantitative estimate of drug-likeness (QED) is 0.514. The van der Waals surface area contributed by atoms with Crippen molar-refractivity contribution in [3.05, 3.63) is 29.8 Å². The number of hydrogen-bond donors (Lipinski definition) is 0. The largest absolute Gasteiger partial charge is 0.466 e. The number of carbonyl (C=O) groups is 1. The third kappa shape index (κ3) is 6.04. The highest BCUT2D eigenvalue weighted by atomic mass is 16.8. The number of methoxy groups -OCH3 is 1. The van der Waals surface area contributed by atoms with Crippen LogP contribution in [0.4, 0.5) is 0 Å². The summed E-state index contributed by atoms with van der Waals surface area (Å²) in [5, 5.41) is 0. The van der Waals surface area contributed by atoms with Crippen LogP contribution in [0.5, 0.6) is 5.75 Å². The molecule has 112 valence electrons. The van der Waals surface area contributed by atoms with Crippen LogP contribution in [0.25, 0.3) is 0 Å². The number of hydrogen-bond acceptors (Lipinski definition) is 5. The van der Waals surface area contributed by atoms with E-state index in [1.54, 1.807) is 6.92 Å². The van der Waals surface area contributed by atoms with Crippen molar-refractivity contribution in [2.45, 2.75) is 33.2 Å². The van der Waals surface area contributed by atoms with Gasteiger partial charge in [0, 0.05) is 13.5 Å². The summed E-state index contributed by atoms with van der Waals surface area (Å²) in [4.78, 5) is 11.3. The topological polar surface area (TPSA) is 54.0 Å². The summed E-state index contributed by atoms with van der Waals surface area (Å²) in [6.45, 7) is 3.85. The van der Waals surface area contributed by atoms with Crippen LogP contribution in [0.15, 0.2) is 24.3 Å². The number of esters is 1. The van der Waals surface area contributed by atoms with E-state index in [4.69, 9.17) is 18.9 Å². The van der Waals surface area contributed by atoms with E-state index in [1.165, 1.54) is 7.11 Å². The fourth-order valence-electron chi connectivity index (χ4n) is 1.65. The van der Waals surface area contributed by atoms with E-state index >= 15 is 0 Å². The molecule has 0 bridgehead atoms. The predicted molar refractivity (Wildman–Crippen MR) is 74.4 cm³/mol. The second kappa shape index (κ2) is 9.34. The molecule has 1 aromatic rings. The van der Waals surface area contributed by atoms with Crippen molar-refractivity contribution in [2.75, 3.05) is 20.3 Å². The van der Waals surface area contributed by atoms with E-state index in [-0.39, 0.29) is 5.97 Å². The Morgan fingerprint density at radius 3 is 2.70 bits per heavy atom. The molecule has 0 radical (unpaired) electrons. The Labute approximate surface area is 119 Å². The number of aryl methyl sites for hydroxylation is 1. The first-order valence-corrected chi connectivity index (χ1v) is 6.75. The van der Waals surface area contributed by atoms with Crippen LogP contribution in [0, 0.1) is 0 Å². The van der Waals surface area contributed by atoms with E-state index in [1.807, 2.05) is 31.2 Å². The Bertz CT molecular complexity index is 405. The number of rotatable bonds is 9. The highest BCUT2D eigenvalue weighted by Gasteiger charge is 2.09. The zero-order chi connectivity index (χ0) is 14.8. The Morgan fingerprint density at radius 1 is 1.25 bits per heavy atom. The lowest BCUT2D eigenvalue weighted by molar-refractivity contribution is -0.231. The van der Waals surface area contributed by atoms with Gasteiger partial charge < -0.3 is 18.9 Å². The minimum atomic E-state index is -0.722. The minimum Gasteiger partial charge on any atom is -0.466 e. The van der Waals surface area contributed by atoms with Gasteiger partial charge in [0.2, 0.25) is 0 Å². The second-order valence-corrected chi connectivity index (χ2v) is 4.05. The maximum atomic E-state index is 11.3. The van der Waals surface area contributed by atoms with Crippen molar-refractivity contribution in [1.29, 1.82) is 0 Å². The molecule has 0 fully saturated rings. The summed E-state index contributed by atoms with van der Waals surface area (Å²) in [7, 11) is 1.52. The molecule has 5 nitrogen and oxygen atoms in total. The Hall–Kier alpha value is -1.59. The van der Waals surface area contributed by atoms with E-state index in [2.05, 4.69) is 0 Å². The molecule has 0 spiro atoms. The van der Waals surface area contributed by atoms with E-state index in [0.29, 0.717) is 31.8 Å². The molecule has 0 aliphatic heterocycles. The summed E-state index contributed by atoms with van der Waals surface area (Å²) >= 11 is 0. The number of benzene rings is 1. The Kier molecular flexibility index (Phi) is 7.69. The summed E-state index contributed by atoms with van der Waals surface area (Å²) in [5.74, 6) is 0.453. The average molecular weight is 282 g/mol. The Balaban J connectivity index is 2.54. The van der Waals surface area contributed by atoms with Gasteiger partial charge >= 0.3 is 12.4 Å². The molecular weight excluding hydrogens is 260 g/mol. The second-order valence-electron chi connectivity index (χ2n) is 4.05. The average Bonchev–Trinajstić information content (AvgIpc) is 2.45. The molecule has 0 saturated carbocycles. The molecule has 1 rings (SSSR count). The van der Waals surface area contributed by atoms with Crippen LogP contribution in [-0.2, 0) is 25.4 Å². The van der Waals surface area contributed by atoms with Gasteiger partial charge in [-0.2, -0.15) is 0 Å². The van der Waals surface area contributed by atoms with Crippen LogP contribution in [0.2, 0.25) is 0 Å². The first kappa shape index (κ1) is 16.5. The highest BCUT2D eigenvalue weighted by molar-refractivity contribution is 5.69. The molecule has 1 unspecified atom stereocenters. The predicted octanol–water partition coefficient (Wildman–Crippen LogP) is 2.53. The van der Waals surface area contributed by atoms with Crippen LogP contribution >= 0.6 is 0 Å². The molecule has 0 aliphatic rings. The lowest BCUT2D eigenvalue weighted by Crippen LogP contribution is -2.22. The van der Waals surface area contributed by atoms with E-state index < -0.39 is 6.48 Å². The smallest absolute Gasteiger partial charge is 0.315 e. The molecule has 0 amide bonds. The molecule has 0 saturated heterocycles. The molecule has 1 atom stereocenters. The Morgan fingerprint density at radius 2 is 2.05 bits per heavy atom. The zero-order valence-electron chi connectivity index (χ0n) is 12.3. The molecule has 0 N–H and O–H groups in total. The maximum absolute atomic E-state index is 11.3. The molecule has 5 heteroatoms. The molecule has 1 aromatic carbocycles. The summed E-state index contributed by atoms with van der Waals surface area (Å²) in [6, 6.07) is 7.49. The van der Waals surface area contributed by atoms with Gasteiger partial charge in [-0.3, -0.25) is 4.79 Å². The third-order valence-electron chi connectivity index (χ3n) is 2.55. The van der Waals surface area contributed by atoms with E-state index in [9.17, 15) is 4.79 Å². The van der Waals surface area contributed by atoms with Gasteiger partial charge in [-0.15, -0.1) is 0 Å². The standard InChI is InChI=1S/C15H22O5/c1-4-18-14(16)10-9-12-7-6-8-13(11-12)20-15(17-3)19-5-2/h6-8,11,15H,4-5,9-10H2,1-3H3. The fourth-order valence-corrected chi connectivity index (χ4v) is 1.65. The van der Waals surface area contributed by atoms with Crippen LogP contribution in [0.3, 0.4) is 0 Å². The van der Waals surface area contributed by atoms with Crippen LogP contribution in [0.1, 0.15) is 25.8 Å². The SMILES string of the molecule is CCOC(=O)CCc1cccc(OC(OC)OCC)c1. The van der Waals surface area contributed by atoms with Gasteiger partial charge in [0.15, 0.2) is 0 Å². The van der Waals surface area contributed by atoms with Gasteiger partial charge in [0.1, 0.15) is 5.75 Å². The van der Waals surface area contributed by atoms with Gasteiger partial charge in [-0.1, -0.05) is 12.1 Å². The number of ether oxygens (including phenoxy) is 4. The first-order chi connectivity index (χ1) is 9.69.